The molecule has 82 valence electrons. The smallest absolute Gasteiger partial charge is 0.0767 e. The van der Waals surface area contributed by atoms with Crippen LogP contribution in [0, 0.1) is 0 Å². The van der Waals surface area contributed by atoms with Crippen LogP contribution in [0.4, 0.5) is 5.69 Å². The minimum atomic E-state index is 0.355. The average molecular weight is 206 g/mol. The van der Waals surface area contributed by atoms with Crippen molar-refractivity contribution >= 4 is 5.69 Å². The van der Waals surface area contributed by atoms with Gasteiger partial charge in [-0.15, -0.1) is 0 Å². The van der Waals surface area contributed by atoms with Gasteiger partial charge in [0.15, 0.2) is 0 Å². The molecule has 2 N–H and O–H groups in total. The molecule has 1 saturated heterocycles. The molecule has 0 bridgehead atoms. The van der Waals surface area contributed by atoms with E-state index in [-0.39, 0.29) is 0 Å². The molecule has 0 aliphatic carbocycles. The van der Waals surface area contributed by atoms with E-state index in [0.29, 0.717) is 19.3 Å². The van der Waals surface area contributed by atoms with E-state index in [9.17, 15) is 0 Å². The van der Waals surface area contributed by atoms with E-state index in [4.69, 9.17) is 10.5 Å². The highest BCUT2D eigenvalue weighted by molar-refractivity contribution is 5.47. The predicted octanol–water partition coefficient (Wildman–Crippen LogP) is 1.24. The molecule has 1 aromatic carbocycles. The highest BCUT2D eigenvalue weighted by atomic mass is 16.5. The van der Waals surface area contributed by atoms with Crippen molar-refractivity contribution in [2.75, 3.05) is 31.1 Å². The first kappa shape index (κ1) is 10.5. The molecule has 1 fully saturated rings. The lowest BCUT2D eigenvalue weighted by atomic mass is 10.3. The van der Waals surface area contributed by atoms with Crippen LogP contribution in [0.1, 0.15) is 6.42 Å². The number of para-hydroxylation sites is 1. The molecule has 0 spiro atoms. The van der Waals surface area contributed by atoms with Crippen molar-refractivity contribution in [3.63, 3.8) is 0 Å². The molecule has 0 amide bonds. The molecule has 3 nitrogen and oxygen atoms in total. The maximum absolute atomic E-state index is 5.64. The number of nitrogens with zero attached hydrogens (tertiary/aromatic N) is 1. The molecule has 1 aliphatic heterocycles. The van der Waals surface area contributed by atoms with Crippen molar-refractivity contribution in [3.05, 3.63) is 30.3 Å². The fraction of sp³-hybridized carbons (Fsp3) is 0.500. The Hall–Kier alpha value is -1.06. The zero-order valence-electron chi connectivity index (χ0n) is 8.93. The zero-order valence-corrected chi connectivity index (χ0v) is 8.93. The van der Waals surface area contributed by atoms with Crippen LogP contribution in [-0.4, -0.2) is 32.3 Å². The first-order valence-corrected chi connectivity index (χ1v) is 5.52. The Bertz CT molecular complexity index is 289. The van der Waals surface area contributed by atoms with Crippen LogP contribution in [0.15, 0.2) is 30.3 Å². The quantitative estimate of drug-likeness (QED) is 0.805. The molecule has 0 saturated carbocycles. The second kappa shape index (κ2) is 5.14. The molecule has 1 atom stereocenters. The van der Waals surface area contributed by atoms with Crippen molar-refractivity contribution in [3.8, 4) is 0 Å². The largest absolute Gasteiger partial charge is 0.375 e. The molecule has 2 rings (SSSR count). The summed E-state index contributed by atoms with van der Waals surface area (Å²) in [6, 6.07) is 10.5. The second-order valence-corrected chi connectivity index (χ2v) is 3.85. The minimum Gasteiger partial charge on any atom is -0.375 e. The van der Waals surface area contributed by atoms with Crippen molar-refractivity contribution < 1.29 is 4.74 Å². The summed E-state index contributed by atoms with van der Waals surface area (Å²) in [4.78, 5) is 2.36. The second-order valence-electron chi connectivity index (χ2n) is 3.85. The average Bonchev–Trinajstić information content (AvgIpc) is 2.76. The Morgan fingerprint density at radius 2 is 2.13 bits per heavy atom. The van der Waals surface area contributed by atoms with Crippen LogP contribution in [0.25, 0.3) is 0 Å². The van der Waals surface area contributed by atoms with Gasteiger partial charge in [-0.3, -0.25) is 0 Å². The first-order valence-electron chi connectivity index (χ1n) is 5.52. The SMILES string of the molecule is NCCO[C@@H]1CCN(c2ccccc2)C1. The molecule has 0 unspecified atom stereocenters. The summed E-state index contributed by atoms with van der Waals surface area (Å²) < 4.78 is 5.64. The summed E-state index contributed by atoms with van der Waals surface area (Å²) >= 11 is 0. The van der Waals surface area contributed by atoms with Crippen LogP contribution >= 0.6 is 0 Å². The molecule has 3 heteroatoms. The minimum absolute atomic E-state index is 0.355. The van der Waals surface area contributed by atoms with Gasteiger partial charge < -0.3 is 15.4 Å². The van der Waals surface area contributed by atoms with Crippen LogP contribution < -0.4 is 10.6 Å². The summed E-state index contributed by atoms with van der Waals surface area (Å²) in [5.41, 5.74) is 6.70. The third-order valence-corrected chi connectivity index (χ3v) is 2.74. The number of ether oxygens (including phenoxy) is 1. The molecule has 0 aromatic heterocycles. The van der Waals surface area contributed by atoms with Crippen LogP contribution in [0.2, 0.25) is 0 Å². The molecule has 1 aromatic rings. The van der Waals surface area contributed by atoms with Gasteiger partial charge >= 0.3 is 0 Å². The normalized spacial score (nSPS) is 20.9. The Balaban J connectivity index is 1.87. The molecular formula is C12H18N2O. The maximum atomic E-state index is 5.64. The van der Waals surface area contributed by atoms with Crippen molar-refractivity contribution in [2.24, 2.45) is 5.73 Å². The highest BCUT2D eigenvalue weighted by Gasteiger charge is 2.22. The first-order chi connectivity index (χ1) is 7.40. The summed E-state index contributed by atoms with van der Waals surface area (Å²) in [5, 5.41) is 0. The number of anilines is 1. The Labute approximate surface area is 90.8 Å². The van der Waals surface area contributed by atoms with Crippen LogP contribution in [0.3, 0.4) is 0 Å². The molecule has 1 heterocycles. The van der Waals surface area contributed by atoms with Gasteiger partial charge in [0.05, 0.1) is 12.7 Å². The van der Waals surface area contributed by atoms with Gasteiger partial charge in [0.25, 0.3) is 0 Å². The zero-order chi connectivity index (χ0) is 10.5. The summed E-state index contributed by atoms with van der Waals surface area (Å²) in [6.07, 6.45) is 1.46. The standard InChI is InChI=1S/C12H18N2O/c13-7-9-15-12-6-8-14(10-12)11-4-2-1-3-5-11/h1-5,12H,6-10,13H2/t12-/m1/s1. The molecule has 1 aliphatic rings. The number of hydrogen-bond acceptors (Lipinski definition) is 3. The predicted molar refractivity (Wildman–Crippen MR) is 62.1 cm³/mol. The number of benzene rings is 1. The van der Waals surface area contributed by atoms with Gasteiger partial charge in [0.1, 0.15) is 0 Å². The number of hydrogen-bond donors (Lipinski definition) is 1. The topological polar surface area (TPSA) is 38.5 Å². The van der Waals surface area contributed by atoms with Gasteiger partial charge in [0.2, 0.25) is 0 Å². The van der Waals surface area contributed by atoms with E-state index in [1.807, 2.05) is 6.07 Å². The summed E-state index contributed by atoms with van der Waals surface area (Å²) in [7, 11) is 0. The monoisotopic (exact) mass is 206 g/mol. The van der Waals surface area contributed by atoms with Gasteiger partial charge in [-0.05, 0) is 18.6 Å². The Kier molecular flexibility index (Phi) is 3.59. The number of rotatable bonds is 4. The summed E-state index contributed by atoms with van der Waals surface area (Å²) in [5.74, 6) is 0. The van der Waals surface area contributed by atoms with Crippen molar-refractivity contribution in [2.45, 2.75) is 12.5 Å². The van der Waals surface area contributed by atoms with E-state index in [1.54, 1.807) is 0 Å². The van der Waals surface area contributed by atoms with Crippen LogP contribution in [-0.2, 0) is 4.74 Å². The molecular weight excluding hydrogens is 188 g/mol. The lowest BCUT2D eigenvalue weighted by molar-refractivity contribution is 0.0742. The highest BCUT2D eigenvalue weighted by Crippen LogP contribution is 2.20. The lowest BCUT2D eigenvalue weighted by Crippen LogP contribution is -2.24. The van der Waals surface area contributed by atoms with Crippen molar-refractivity contribution in [1.82, 2.24) is 0 Å². The van der Waals surface area contributed by atoms with Gasteiger partial charge in [-0.1, -0.05) is 18.2 Å². The fourth-order valence-electron chi connectivity index (χ4n) is 1.97. The van der Waals surface area contributed by atoms with E-state index < -0.39 is 0 Å². The lowest BCUT2D eigenvalue weighted by Gasteiger charge is -2.18. The maximum Gasteiger partial charge on any atom is 0.0767 e. The fourth-order valence-corrected chi connectivity index (χ4v) is 1.97. The number of nitrogens with two attached hydrogens (primary N) is 1. The van der Waals surface area contributed by atoms with Gasteiger partial charge in [-0.2, -0.15) is 0 Å². The molecule has 15 heavy (non-hydrogen) atoms. The van der Waals surface area contributed by atoms with Crippen LogP contribution in [0.5, 0.6) is 0 Å². The van der Waals surface area contributed by atoms with Gasteiger partial charge in [0, 0.05) is 25.3 Å². The third kappa shape index (κ3) is 2.70. The van der Waals surface area contributed by atoms with E-state index in [0.717, 1.165) is 19.5 Å². The van der Waals surface area contributed by atoms with E-state index >= 15 is 0 Å². The molecule has 0 radical (unpaired) electrons. The van der Waals surface area contributed by atoms with E-state index in [1.165, 1.54) is 5.69 Å². The van der Waals surface area contributed by atoms with Crippen molar-refractivity contribution in [1.29, 1.82) is 0 Å². The van der Waals surface area contributed by atoms with E-state index in [2.05, 4.69) is 29.2 Å². The Morgan fingerprint density at radius 1 is 1.33 bits per heavy atom. The summed E-state index contributed by atoms with van der Waals surface area (Å²) in [6.45, 7) is 3.36. The third-order valence-electron chi connectivity index (χ3n) is 2.74. The van der Waals surface area contributed by atoms with Gasteiger partial charge in [-0.25, -0.2) is 0 Å². The Morgan fingerprint density at radius 3 is 2.87 bits per heavy atom.